The quantitative estimate of drug-likeness (QED) is 0.731. The van der Waals surface area contributed by atoms with Crippen molar-refractivity contribution in [1.29, 1.82) is 0 Å². The van der Waals surface area contributed by atoms with Gasteiger partial charge in [0.15, 0.2) is 0 Å². The number of benzene rings is 1. The molecule has 1 aromatic carbocycles. The first kappa shape index (κ1) is 16.4. The van der Waals surface area contributed by atoms with Gasteiger partial charge in [0.2, 0.25) is 11.8 Å². The zero-order valence-electron chi connectivity index (χ0n) is 13.8. The maximum absolute atomic E-state index is 12.2. The zero-order chi connectivity index (χ0) is 17.8. The highest BCUT2D eigenvalue weighted by Gasteiger charge is 2.17. The van der Waals surface area contributed by atoms with E-state index in [1.807, 2.05) is 18.2 Å². The van der Waals surface area contributed by atoms with Gasteiger partial charge in [-0.2, -0.15) is 0 Å². The van der Waals surface area contributed by atoms with Crippen LogP contribution in [-0.4, -0.2) is 40.2 Å². The fourth-order valence-electron chi connectivity index (χ4n) is 2.44. The summed E-state index contributed by atoms with van der Waals surface area (Å²) in [6, 6.07) is 9.13. The summed E-state index contributed by atoms with van der Waals surface area (Å²) in [4.78, 5) is 28.6. The molecule has 25 heavy (non-hydrogen) atoms. The van der Waals surface area contributed by atoms with Gasteiger partial charge < -0.3 is 15.4 Å². The van der Waals surface area contributed by atoms with E-state index < -0.39 is 5.91 Å². The first-order valence-corrected chi connectivity index (χ1v) is 7.58. The van der Waals surface area contributed by atoms with E-state index in [0.717, 1.165) is 10.9 Å². The Morgan fingerprint density at radius 1 is 1.24 bits per heavy atom. The molecule has 0 spiro atoms. The van der Waals surface area contributed by atoms with Gasteiger partial charge >= 0.3 is 0 Å². The van der Waals surface area contributed by atoms with Crippen LogP contribution in [0, 0.1) is 0 Å². The zero-order valence-corrected chi connectivity index (χ0v) is 13.8. The molecule has 8 nitrogen and oxygen atoms in total. The molecule has 0 saturated heterocycles. The molecule has 0 aliphatic rings. The number of nitrogens with zero attached hydrogens (tertiary/aromatic N) is 3. The van der Waals surface area contributed by atoms with Gasteiger partial charge in [-0.3, -0.25) is 19.3 Å². The maximum Gasteiger partial charge on any atom is 0.258 e. The average Bonchev–Trinajstić information content (AvgIpc) is 3.01. The van der Waals surface area contributed by atoms with Crippen LogP contribution in [-0.2, 0) is 11.8 Å². The molecule has 0 saturated carbocycles. The van der Waals surface area contributed by atoms with E-state index >= 15 is 0 Å². The molecular weight excluding hydrogens is 322 g/mol. The normalized spacial score (nSPS) is 10.5. The topological polar surface area (TPSA) is 98.1 Å². The Balaban J connectivity index is 1.65. The molecular formula is C17H17N5O3. The maximum atomic E-state index is 12.2. The molecule has 2 heterocycles. The number of ether oxygens (including phenoxy) is 1. The molecule has 8 heteroatoms. The molecule has 128 valence electrons. The Morgan fingerprint density at radius 2 is 2.08 bits per heavy atom. The van der Waals surface area contributed by atoms with Crippen LogP contribution < -0.4 is 15.4 Å². The van der Waals surface area contributed by atoms with Crippen LogP contribution in [0.5, 0.6) is 5.88 Å². The second-order valence-electron chi connectivity index (χ2n) is 5.33. The third-order valence-corrected chi connectivity index (χ3v) is 3.56. The molecule has 0 atom stereocenters. The number of anilines is 1. The van der Waals surface area contributed by atoms with E-state index in [0.29, 0.717) is 5.69 Å². The van der Waals surface area contributed by atoms with Gasteiger partial charge in [0.05, 0.1) is 24.9 Å². The lowest BCUT2D eigenvalue weighted by Crippen LogP contribution is -2.32. The summed E-state index contributed by atoms with van der Waals surface area (Å²) in [6.07, 6.45) is 3.22. The molecule has 3 aromatic rings. The number of fused-ring (bicyclic) bond motifs is 1. The number of nitrogens with one attached hydrogen (secondary N) is 2. The van der Waals surface area contributed by atoms with Crippen molar-refractivity contribution in [3.63, 3.8) is 0 Å². The summed E-state index contributed by atoms with van der Waals surface area (Å²) >= 11 is 0. The van der Waals surface area contributed by atoms with Crippen LogP contribution in [0.1, 0.15) is 10.4 Å². The number of methoxy groups -OCH3 is 1. The predicted molar refractivity (Wildman–Crippen MR) is 92.5 cm³/mol. The second-order valence-corrected chi connectivity index (χ2v) is 5.33. The molecule has 0 radical (unpaired) electrons. The SMILES string of the molecule is COc1nn(C)cc1C(=O)NCC(=O)Nc1cccc2ncccc12. The van der Waals surface area contributed by atoms with E-state index in [1.165, 1.54) is 18.0 Å². The van der Waals surface area contributed by atoms with Gasteiger partial charge in [-0.05, 0) is 24.3 Å². The molecule has 2 aromatic heterocycles. The van der Waals surface area contributed by atoms with E-state index in [4.69, 9.17) is 4.74 Å². The molecule has 2 amide bonds. The van der Waals surface area contributed by atoms with Crippen LogP contribution in [0.25, 0.3) is 10.9 Å². The summed E-state index contributed by atoms with van der Waals surface area (Å²) in [6.45, 7) is -0.173. The Labute approximate surface area is 143 Å². The van der Waals surface area contributed by atoms with Crippen molar-refractivity contribution >= 4 is 28.4 Å². The fourth-order valence-corrected chi connectivity index (χ4v) is 2.44. The average molecular weight is 339 g/mol. The highest BCUT2D eigenvalue weighted by atomic mass is 16.5. The Kier molecular flexibility index (Phi) is 4.60. The van der Waals surface area contributed by atoms with Crippen LogP contribution >= 0.6 is 0 Å². The molecule has 2 N–H and O–H groups in total. The third kappa shape index (κ3) is 3.57. The summed E-state index contributed by atoms with van der Waals surface area (Å²) < 4.78 is 6.51. The highest BCUT2D eigenvalue weighted by molar-refractivity contribution is 6.04. The number of carbonyl (C=O) groups is 2. The monoisotopic (exact) mass is 339 g/mol. The third-order valence-electron chi connectivity index (χ3n) is 3.56. The van der Waals surface area contributed by atoms with Crippen molar-refractivity contribution in [2.24, 2.45) is 7.05 Å². The number of hydrogen-bond acceptors (Lipinski definition) is 5. The lowest BCUT2D eigenvalue weighted by Gasteiger charge is -2.09. The molecule has 0 unspecified atom stereocenters. The predicted octanol–water partition coefficient (Wildman–Crippen LogP) is 1.35. The smallest absolute Gasteiger partial charge is 0.258 e. The van der Waals surface area contributed by atoms with Gasteiger partial charge in [-0.25, -0.2) is 0 Å². The van der Waals surface area contributed by atoms with Crippen molar-refractivity contribution in [3.05, 3.63) is 48.3 Å². The van der Waals surface area contributed by atoms with Crippen molar-refractivity contribution in [1.82, 2.24) is 20.1 Å². The van der Waals surface area contributed by atoms with Crippen molar-refractivity contribution in [2.45, 2.75) is 0 Å². The molecule has 0 aliphatic heterocycles. The summed E-state index contributed by atoms with van der Waals surface area (Å²) in [5, 5.41) is 10.2. The standard InChI is InChI=1S/C17H17N5O3/c1-22-10-12(17(21-22)25-2)16(24)19-9-15(23)20-14-7-3-6-13-11(14)5-4-8-18-13/h3-8,10H,9H2,1-2H3,(H,19,24)(H,20,23). The van der Waals surface area contributed by atoms with Crippen molar-refractivity contribution in [3.8, 4) is 5.88 Å². The second kappa shape index (κ2) is 7.00. The van der Waals surface area contributed by atoms with E-state index in [2.05, 4.69) is 20.7 Å². The number of aryl methyl sites for hydroxylation is 1. The minimum Gasteiger partial charge on any atom is -0.479 e. The molecule has 0 bridgehead atoms. The molecule has 0 aliphatic carbocycles. The van der Waals surface area contributed by atoms with Gasteiger partial charge in [0.25, 0.3) is 5.91 Å². The number of aromatic nitrogens is 3. The first-order chi connectivity index (χ1) is 12.1. The van der Waals surface area contributed by atoms with E-state index in [-0.39, 0.29) is 23.9 Å². The number of pyridine rings is 1. The fraction of sp³-hybridized carbons (Fsp3) is 0.176. The Morgan fingerprint density at radius 3 is 2.88 bits per heavy atom. The number of carbonyl (C=O) groups excluding carboxylic acids is 2. The van der Waals surface area contributed by atoms with Gasteiger partial charge in [-0.15, -0.1) is 5.10 Å². The summed E-state index contributed by atoms with van der Waals surface area (Å²) in [7, 11) is 3.11. The van der Waals surface area contributed by atoms with Crippen molar-refractivity contribution < 1.29 is 14.3 Å². The largest absolute Gasteiger partial charge is 0.479 e. The minimum atomic E-state index is -0.431. The summed E-state index contributed by atoms with van der Waals surface area (Å²) in [5.74, 6) is -0.562. The van der Waals surface area contributed by atoms with E-state index in [1.54, 1.807) is 25.4 Å². The number of amides is 2. The Hall–Kier alpha value is -3.42. The highest BCUT2D eigenvalue weighted by Crippen LogP contribution is 2.21. The van der Waals surface area contributed by atoms with Gasteiger partial charge in [0.1, 0.15) is 5.56 Å². The van der Waals surface area contributed by atoms with Crippen LogP contribution in [0.3, 0.4) is 0 Å². The molecule has 0 fully saturated rings. The minimum absolute atomic E-state index is 0.173. The number of hydrogen-bond donors (Lipinski definition) is 2. The Bertz CT molecular complexity index is 930. The lowest BCUT2D eigenvalue weighted by molar-refractivity contribution is -0.115. The van der Waals surface area contributed by atoms with E-state index in [9.17, 15) is 9.59 Å². The lowest BCUT2D eigenvalue weighted by atomic mass is 10.2. The van der Waals surface area contributed by atoms with Crippen LogP contribution in [0.4, 0.5) is 5.69 Å². The van der Waals surface area contributed by atoms with Gasteiger partial charge in [0, 0.05) is 24.8 Å². The van der Waals surface area contributed by atoms with Gasteiger partial charge in [-0.1, -0.05) is 6.07 Å². The van der Waals surface area contributed by atoms with Crippen LogP contribution in [0.15, 0.2) is 42.7 Å². The van der Waals surface area contributed by atoms with Crippen molar-refractivity contribution in [2.75, 3.05) is 19.0 Å². The number of rotatable bonds is 5. The summed E-state index contributed by atoms with van der Waals surface area (Å²) in [5.41, 5.74) is 1.69. The van der Waals surface area contributed by atoms with Crippen LogP contribution in [0.2, 0.25) is 0 Å². The first-order valence-electron chi connectivity index (χ1n) is 7.58. The molecule has 3 rings (SSSR count).